The molecule has 0 fully saturated rings. The number of rotatable bonds is 3. The summed E-state index contributed by atoms with van der Waals surface area (Å²) in [7, 11) is -2.09. The first-order chi connectivity index (χ1) is 3.27. The van der Waals surface area contributed by atoms with Crippen LogP contribution in [-0.2, 0) is 4.57 Å². The van der Waals surface area contributed by atoms with Gasteiger partial charge in [-0.3, -0.25) is 4.57 Å². The molecule has 7 heavy (non-hydrogen) atoms. The van der Waals surface area contributed by atoms with Crippen molar-refractivity contribution in [3.8, 4) is 0 Å². The van der Waals surface area contributed by atoms with Crippen LogP contribution in [0.5, 0.6) is 0 Å². The van der Waals surface area contributed by atoms with Crippen LogP contribution < -0.4 is 0 Å². The first-order valence-corrected chi connectivity index (χ1v) is 6.05. The van der Waals surface area contributed by atoms with Gasteiger partial charge in [0.2, 0.25) is 0 Å². The standard InChI is InChI=1S/C2H5.CH4O2P.Mg/c1-2;1-4(2)3;/h1H2,2H3;4H,1H2,(H,2,3);. The lowest BCUT2D eigenvalue weighted by atomic mass is 11.0. The van der Waals surface area contributed by atoms with Crippen LogP contribution in [0.2, 0.25) is 4.55 Å². The predicted molar refractivity (Wildman–Crippen MR) is 32.3 cm³/mol. The maximum atomic E-state index is 9.98. The molecule has 0 aromatic heterocycles. The summed E-state index contributed by atoms with van der Waals surface area (Å²) in [4.78, 5) is 8.26. The first-order valence-electron chi connectivity index (χ1n) is 2.49. The van der Waals surface area contributed by atoms with Gasteiger partial charge in [-0.15, -0.1) is 4.55 Å². The minimum atomic E-state index is -2.09. The lowest BCUT2D eigenvalue weighted by Crippen LogP contribution is -1.88. The van der Waals surface area contributed by atoms with Crippen LogP contribution in [0.1, 0.15) is 6.92 Å². The van der Waals surface area contributed by atoms with Crippen molar-refractivity contribution in [3.05, 3.63) is 0 Å². The highest BCUT2D eigenvalue weighted by Gasteiger charge is 1.93. The van der Waals surface area contributed by atoms with Crippen molar-refractivity contribution in [1.82, 2.24) is 0 Å². The Kier molecular flexibility index (Phi) is 5.80. The third-order valence-corrected chi connectivity index (χ3v) is 4.58. The van der Waals surface area contributed by atoms with Crippen molar-refractivity contribution in [3.63, 3.8) is 0 Å². The summed E-state index contributed by atoms with van der Waals surface area (Å²) in [5, 5.41) is 0. The zero-order valence-corrected chi connectivity index (χ0v) is 6.89. The Morgan fingerprint density at radius 1 is 1.86 bits per heavy atom. The summed E-state index contributed by atoms with van der Waals surface area (Å²) in [5.41, 5.74) is 0. The van der Waals surface area contributed by atoms with Gasteiger partial charge in [-0.1, -0.05) is 11.2 Å². The first kappa shape index (κ1) is 7.96. The summed E-state index contributed by atoms with van der Waals surface area (Å²) in [6.07, 6.45) is 0. The van der Waals surface area contributed by atoms with Crippen LogP contribution in [0.4, 0.5) is 0 Å². The quantitative estimate of drug-likeness (QED) is 0.450. The van der Waals surface area contributed by atoms with E-state index < -0.39 is 8.03 Å². The minimum Gasteiger partial charge on any atom is -0.348 e. The molecule has 4 heteroatoms. The molecule has 0 aromatic rings. The Bertz CT molecular complexity index is 66.0. The van der Waals surface area contributed by atoms with E-state index in [1.165, 1.54) is 0 Å². The molecule has 0 aliphatic rings. The Morgan fingerprint density at radius 3 is 2.57 bits per heavy atom. The molecule has 1 unspecified atom stereocenters. The fraction of sp³-hybridized carbons (Fsp3) is 1.00. The van der Waals surface area contributed by atoms with E-state index in [0.717, 1.165) is 4.55 Å². The Labute approximate surface area is 53.9 Å². The molecule has 0 spiro atoms. The van der Waals surface area contributed by atoms with E-state index in [0.29, 0.717) is 4.29 Å². The summed E-state index contributed by atoms with van der Waals surface area (Å²) in [6, 6.07) is 0. The van der Waals surface area contributed by atoms with E-state index >= 15 is 0 Å². The van der Waals surface area contributed by atoms with Crippen molar-refractivity contribution >= 4 is 28.4 Å². The van der Waals surface area contributed by atoms with E-state index in [4.69, 9.17) is 4.89 Å². The molecular formula is C3H9MgO2P. The molecule has 40 valence electrons. The Morgan fingerprint density at radius 2 is 2.43 bits per heavy atom. The lowest BCUT2D eigenvalue weighted by molar-refractivity contribution is 0.507. The monoisotopic (exact) mass is 132 g/mol. The smallest absolute Gasteiger partial charge is 0.348 e. The van der Waals surface area contributed by atoms with Gasteiger partial charge in [0.15, 0.2) is 8.03 Å². The van der Waals surface area contributed by atoms with Gasteiger partial charge in [-0.05, 0) is 0 Å². The minimum absolute atomic E-state index is 0.143. The van der Waals surface area contributed by atoms with Gasteiger partial charge in [-0.25, -0.2) is 0 Å². The summed E-state index contributed by atoms with van der Waals surface area (Å²) in [5.74, 6) is 0. The molecule has 0 heterocycles. The van der Waals surface area contributed by atoms with Gasteiger partial charge in [0.1, 0.15) is 0 Å². The second-order valence-electron chi connectivity index (χ2n) is 1.50. The molecule has 1 atom stereocenters. The van der Waals surface area contributed by atoms with Crippen LogP contribution in [0.15, 0.2) is 0 Å². The Balaban J connectivity index is 2.82. The van der Waals surface area contributed by atoms with Crippen LogP contribution in [0.3, 0.4) is 0 Å². The van der Waals surface area contributed by atoms with Crippen LogP contribution in [0.25, 0.3) is 0 Å². The average molecular weight is 132 g/mol. The predicted octanol–water partition coefficient (Wildman–Crippen LogP) is 0.553. The molecule has 2 nitrogen and oxygen atoms in total. The molecule has 0 rings (SSSR count). The second kappa shape index (κ2) is 5.10. The van der Waals surface area contributed by atoms with Gasteiger partial charge < -0.3 is 4.89 Å². The fourth-order valence-corrected chi connectivity index (χ4v) is 2.95. The van der Waals surface area contributed by atoms with E-state index in [9.17, 15) is 4.57 Å². The third kappa shape index (κ3) is 6.96. The molecule has 1 N–H and O–H groups in total. The largest absolute Gasteiger partial charge is 0.378 e. The zero-order chi connectivity index (χ0) is 5.70. The van der Waals surface area contributed by atoms with E-state index in [1.807, 2.05) is 0 Å². The lowest BCUT2D eigenvalue weighted by Gasteiger charge is -1.83. The summed E-state index contributed by atoms with van der Waals surface area (Å²) in [6.45, 7) is 2.07. The SMILES string of the molecule is C[CH2][Mg][CH2][PH](=O)O. The summed E-state index contributed by atoms with van der Waals surface area (Å²) >= 11 is -0.143. The highest BCUT2D eigenvalue weighted by atomic mass is 31.1. The maximum Gasteiger partial charge on any atom is 0.378 e. The number of hydrogen-bond acceptors (Lipinski definition) is 1. The topological polar surface area (TPSA) is 37.3 Å². The molecule has 0 aliphatic heterocycles. The summed E-state index contributed by atoms with van der Waals surface area (Å²) < 4.78 is 11.8. The van der Waals surface area contributed by atoms with E-state index in [2.05, 4.69) is 6.92 Å². The molecule has 0 amide bonds. The fourth-order valence-electron chi connectivity index (χ4n) is 0.328. The third-order valence-electron chi connectivity index (χ3n) is 0.744. The highest BCUT2D eigenvalue weighted by molar-refractivity contribution is 7.40. The van der Waals surface area contributed by atoms with Gasteiger partial charge in [0, 0.05) is 0 Å². The second-order valence-corrected chi connectivity index (χ2v) is 5.99. The maximum absolute atomic E-state index is 9.98. The molecule has 0 aromatic carbocycles. The van der Waals surface area contributed by atoms with E-state index in [-0.39, 0.29) is 20.4 Å². The van der Waals surface area contributed by atoms with Crippen molar-refractivity contribution in [2.45, 2.75) is 11.5 Å². The molecule has 0 aliphatic carbocycles. The van der Waals surface area contributed by atoms with Crippen LogP contribution in [-0.4, -0.2) is 29.5 Å². The van der Waals surface area contributed by atoms with Crippen LogP contribution in [0, 0.1) is 0 Å². The molecule has 0 bridgehead atoms. The van der Waals surface area contributed by atoms with Crippen LogP contribution >= 0.6 is 8.03 Å². The van der Waals surface area contributed by atoms with E-state index in [1.54, 1.807) is 0 Å². The van der Waals surface area contributed by atoms with Crippen molar-refractivity contribution in [2.75, 3.05) is 4.29 Å². The van der Waals surface area contributed by atoms with Gasteiger partial charge >= 0.3 is 20.4 Å². The molecular weight excluding hydrogens is 123 g/mol. The van der Waals surface area contributed by atoms with Crippen molar-refractivity contribution in [2.24, 2.45) is 0 Å². The normalized spacial score (nSPS) is 12.9. The highest BCUT2D eigenvalue weighted by Crippen LogP contribution is 2.09. The average Bonchev–Trinajstić information content (AvgIpc) is 1.61. The zero-order valence-electron chi connectivity index (χ0n) is 4.48. The van der Waals surface area contributed by atoms with Gasteiger partial charge in [-0.2, -0.15) is 0 Å². The van der Waals surface area contributed by atoms with Crippen molar-refractivity contribution < 1.29 is 9.46 Å². The van der Waals surface area contributed by atoms with Gasteiger partial charge in [0.25, 0.3) is 0 Å². The number of hydrogen-bond donors (Lipinski definition) is 1. The molecule has 0 radical (unpaired) electrons. The molecule has 0 saturated carbocycles. The molecule has 0 saturated heterocycles. The van der Waals surface area contributed by atoms with Crippen molar-refractivity contribution in [1.29, 1.82) is 0 Å². The van der Waals surface area contributed by atoms with Gasteiger partial charge in [0.05, 0.1) is 0 Å². The Hall–Kier alpha value is 0.956.